The Bertz CT molecular complexity index is 1370. The number of halogens is 3. The van der Waals surface area contributed by atoms with Gasteiger partial charge in [-0.2, -0.15) is 0 Å². The van der Waals surface area contributed by atoms with E-state index in [0.29, 0.717) is 5.56 Å². The minimum absolute atomic E-state index is 0.0812. The van der Waals surface area contributed by atoms with Gasteiger partial charge in [0, 0.05) is 11.6 Å². The smallest absolute Gasteiger partial charge is 0.455 e. The van der Waals surface area contributed by atoms with Crippen LogP contribution in [-0.2, 0) is 4.79 Å². The van der Waals surface area contributed by atoms with Crippen LogP contribution in [0.1, 0.15) is 10.4 Å². The lowest BCUT2D eigenvalue weighted by Crippen LogP contribution is -2.33. The summed E-state index contributed by atoms with van der Waals surface area (Å²) in [7, 11) is 0. The molecule has 35 heavy (non-hydrogen) atoms. The van der Waals surface area contributed by atoms with Crippen molar-refractivity contribution < 1.29 is 32.2 Å². The van der Waals surface area contributed by atoms with Gasteiger partial charge in [0.15, 0.2) is 5.75 Å². The molecule has 0 atom stereocenters. The highest BCUT2D eigenvalue weighted by Crippen LogP contribution is 2.32. The molecule has 0 aromatic heterocycles. The maximum Gasteiger partial charge on any atom is 0.573 e. The fourth-order valence-corrected chi connectivity index (χ4v) is 3.39. The Hall–Kier alpha value is -4.53. The van der Waals surface area contributed by atoms with Gasteiger partial charge in [0.25, 0.3) is 5.91 Å². The molecule has 2 N–H and O–H groups in total. The topological polar surface area (TPSA) is 76.7 Å². The quantitative estimate of drug-likeness (QED) is 0.345. The van der Waals surface area contributed by atoms with Gasteiger partial charge in [-0.05, 0) is 41.1 Å². The van der Waals surface area contributed by atoms with Gasteiger partial charge in [-0.15, -0.1) is 13.2 Å². The first-order valence-electron chi connectivity index (χ1n) is 10.5. The number of hydrogen-bond donors (Lipinski definition) is 2. The highest BCUT2D eigenvalue weighted by atomic mass is 19.4. The zero-order chi connectivity index (χ0) is 24.8. The lowest BCUT2D eigenvalue weighted by atomic mass is 10.0. The fourth-order valence-electron chi connectivity index (χ4n) is 3.39. The number of fused-ring (bicyclic) bond motifs is 1. The van der Waals surface area contributed by atoms with Gasteiger partial charge in [0.1, 0.15) is 11.5 Å². The van der Waals surface area contributed by atoms with E-state index in [2.05, 4.69) is 15.4 Å². The van der Waals surface area contributed by atoms with E-state index in [1.165, 1.54) is 12.1 Å². The van der Waals surface area contributed by atoms with Crippen LogP contribution in [0.15, 0.2) is 91.0 Å². The zero-order valence-corrected chi connectivity index (χ0v) is 18.1. The van der Waals surface area contributed by atoms with E-state index >= 15 is 0 Å². The number of alkyl halides is 3. The normalized spacial score (nSPS) is 11.1. The summed E-state index contributed by atoms with van der Waals surface area (Å²) in [5, 5.41) is 6.90. The number of nitrogens with one attached hydrogen (secondary N) is 2. The first kappa shape index (κ1) is 23.6. The van der Waals surface area contributed by atoms with Crippen molar-refractivity contribution >= 4 is 28.3 Å². The van der Waals surface area contributed by atoms with Gasteiger partial charge in [0.05, 0.1) is 12.2 Å². The predicted molar refractivity (Wildman–Crippen MR) is 125 cm³/mol. The van der Waals surface area contributed by atoms with Crippen molar-refractivity contribution in [3.05, 3.63) is 96.6 Å². The molecule has 0 aliphatic rings. The van der Waals surface area contributed by atoms with Crippen LogP contribution in [0.2, 0.25) is 0 Å². The van der Waals surface area contributed by atoms with E-state index in [9.17, 15) is 22.8 Å². The van der Waals surface area contributed by atoms with Crippen LogP contribution in [0.4, 0.5) is 18.9 Å². The van der Waals surface area contributed by atoms with Crippen molar-refractivity contribution in [3.8, 4) is 17.2 Å². The summed E-state index contributed by atoms with van der Waals surface area (Å²) < 4.78 is 47.0. The number of benzene rings is 4. The lowest BCUT2D eigenvalue weighted by molar-refractivity contribution is -0.274. The minimum Gasteiger partial charge on any atom is -0.455 e. The van der Waals surface area contributed by atoms with E-state index in [1.807, 2.05) is 30.3 Å². The molecule has 0 saturated carbocycles. The lowest BCUT2D eigenvalue weighted by Gasteiger charge is -2.14. The van der Waals surface area contributed by atoms with Crippen molar-refractivity contribution in [1.29, 1.82) is 0 Å². The molecule has 178 valence electrons. The summed E-state index contributed by atoms with van der Waals surface area (Å²) in [6.45, 7) is -0.300. The second-order valence-corrected chi connectivity index (χ2v) is 7.38. The second-order valence-electron chi connectivity index (χ2n) is 7.38. The zero-order valence-electron chi connectivity index (χ0n) is 18.1. The molecule has 0 unspecified atom stereocenters. The van der Waals surface area contributed by atoms with Crippen LogP contribution < -0.4 is 20.1 Å². The maximum absolute atomic E-state index is 12.6. The number of amides is 2. The number of para-hydroxylation sites is 2. The van der Waals surface area contributed by atoms with Gasteiger partial charge in [-0.25, -0.2) is 0 Å². The highest BCUT2D eigenvalue weighted by molar-refractivity contribution is 6.08. The largest absolute Gasteiger partial charge is 0.573 e. The Morgan fingerprint density at radius 2 is 1.49 bits per heavy atom. The van der Waals surface area contributed by atoms with Crippen molar-refractivity contribution in [2.45, 2.75) is 6.36 Å². The molecule has 4 rings (SSSR count). The third-order valence-electron chi connectivity index (χ3n) is 4.87. The van der Waals surface area contributed by atoms with Crippen LogP contribution in [0.5, 0.6) is 17.2 Å². The van der Waals surface area contributed by atoms with Crippen molar-refractivity contribution in [1.82, 2.24) is 5.32 Å². The number of rotatable bonds is 7. The van der Waals surface area contributed by atoms with Gasteiger partial charge in [-0.3, -0.25) is 9.59 Å². The van der Waals surface area contributed by atoms with E-state index in [1.54, 1.807) is 36.4 Å². The molecule has 4 aromatic rings. The molecule has 0 aliphatic heterocycles. The van der Waals surface area contributed by atoms with Crippen LogP contribution in [-0.4, -0.2) is 24.7 Å². The Balaban J connectivity index is 1.41. The number of carbonyl (C=O) groups excluding carboxylic acids is 2. The third kappa shape index (κ3) is 6.29. The summed E-state index contributed by atoms with van der Waals surface area (Å²) in [5.41, 5.74) is 0.722. The molecule has 0 fully saturated rings. The highest BCUT2D eigenvalue weighted by Gasteiger charge is 2.31. The van der Waals surface area contributed by atoms with E-state index in [-0.39, 0.29) is 23.7 Å². The first-order valence-corrected chi connectivity index (χ1v) is 10.5. The van der Waals surface area contributed by atoms with Crippen molar-refractivity contribution in [3.63, 3.8) is 0 Å². The predicted octanol–water partition coefficient (Wildman–Crippen LogP) is 5.90. The van der Waals surface area contributed by atoms with Gasteiger partial charge >= 0.3 is 6.36 Å². The number of carbonyl (C=O) groups is 2. The second kappa shape index (κ2) is 10.2. The van der Waals surface area contributed by atoms with Crippen molar-refractivity contribution in [2.75, 3.05) is 11.9 Å². The van der Waals surface area contributed by atoms with Crippen LogP contribution >= 0.6 is 0 Å². The average Bonchev–Trinajstić information content (AvgIpc) is 2.82. The average molecular weight is 480 g/mol. The molecule has 0 saturated heterocycles. The van der Waals surface area contributed by atoms with E-state index in [0.717, 1.165) is 22.9 Å². The molecular weight excluding hydrogens is 461 g/mol. The van der Waals surface area contributed by atoms with E-state index < -0.39 is 23.9 Å². The summed E-state index contributed by atoms with van der Waals surface area (Å²) >= 11 is 0. The molecule has 4 aromatic carbocycles. The number of ether oxygens (including phenoxy) is 2. The Labute approximate surface area is 198 Å². The van der Waals surface area contributed by atoms with Gasteiger partial charge in [-0.1, -0.05) is 54.6 Å². The van der Waals surface area contributed by atoms with Crippen LogP contribution in [0.3, 0.4) is 0 Å². The number of anilines is 1. The summed E-state index contributed by atoms with van der Waals surface area (Å²) in [6, 6.07) is 24.2. The molecule has 6 nitrogen and oxygen atoms in total. The SMILES string of the molecule is O=C(CNC(=O)c1cccc2ccccc12)Nc1ccccc1Oc1cccc(OC(F)(F)F)c1. The van der Waals surface area contributed by atoms with Crippen molar-refractivity contribution in [2.24, 2.45) is 0 Å². The van der Waals surface area contributed by atoms with Gasteiger partial charge in [0.2, 0.25) is 5.91 Å². The molecule has 0 spiro atoms. The molecule has 0 bridgehead atoms. The summed E-state index contributed by atoms with van der Waals surface area (Å²) in [5.74, 6) is -1.07. The first-order chi connectivity index (χ1) is 16.8. The molecule has 9 heteroatoms. The van der Waals surface area contributed by atoms with Gasteiger partial charge < -0.3 is 20.1 Å². The fraction of sp³-hybridized carbons (Fsp3) is 0.0769. The Morgan fingerprint density at radius 3 is 2.31 bits per heavy atom. The molecule has 0 aliphatic carbocycles. The number of hydrogen-bond acceptors (Lipinski definition) is 4. The molecule has 0 heterocycles. The monoisotopic (exact) mass is 480 g/mol. The molecule has 2 amide bonds. The summed E-state index contributed by atoms with van der Waals surface area (Å²) in [6.07, 6.45) is -4.83. The maximum atomic E-state index is 12.6. The Kier molecular flexibility index (Phi) is 6.86. The molecule has 0 radical (unpaired) electrons. The third-order valence-corrected chi connectivity index (χ3v) is 4.87. The van der Waals surface area contributed by atoms with E-state index in [4.69, 9.17) is 4.74 Å². The standard InChI is InChI=1S/C26H19F3N2O4/c27-26(28,29)35-19-10-6-9-18(15-19)34-23-14-4-3-13-22(23)31-24(32)16-30-25(33)21-12-5-8-17-7-1-2-11-20(17)21/h1-15H,16H2,(H,30,33)(H,31,32). The van der Waals surface area contributed by atoms with Crippen LogP contribution in [0.25, 0.3) is 10.8 Å². The summed E-state index contributed by atoms with van der Waals surface area (Å²) in [4.78, 5) is 25.1. The Morgan fingerprint density at radius 1 is 0.800 bits per heavy atom. The minimum atomic E-state index is -4.83. The van der Waals surface area contributed by atoms with Crippen LogP contribution in [0, 0.1) is 0 Å². The molecular formula is C26H19F3N2O4.